The van der Waals surface area contributed by atoms with E-state index in [1.807, 2.05) is 0 Å². The molecule has 0 aliphatic heterocycles. The normalized spacial score (nSPS) is 11.8. The summed E-state index contributed by atoms with van der Waals surface area (Å²) in [5, 5.41) is 9.24. The zero-order chi connectivity index (χ0) is 38.2. The number of rotatable bonds is 5. The molecule has 270 valence electrons. The molecule has 58 heavy (non-hydrogen) atoms. The van der Waals surface area contributed by atoms with E-state index in [-0.39, 0.29) is 0 Å². The molecule has 0 aliphatic carbocycles. The van der Waals surface area contributed by atoms with Crippen LogP contribution in [0.3, 0.4) is 0 Å². The van der Waals surface area contributed by atoms with Crippen LogP contribution in [0.15, 0.2) is 205 Å². The summed E-state index contributed by atoms with van der Waals surface area (Å²) in [6.45, 7) is 0. The molecule has 0 unspecified atom stereocenters. The molecule has 12 aromatic rings. The summed E-state index contributed by atoms with van der Waals surface area (Å²) in [6, 6.07) is 70.8. The van der Waals surface area contributed by atoms with Gasteiger partial charge in [0, 0.05) is 50.0 Å². The van der Waals surface area contributed by atoms with Gasteiger partial charge in [-0.1, -0.05) is 146 Å². The summed E-state index contributed by atoms with van der Waals surface area (Å²) in [5.41, 5.74) is 12.1. The van der Waals surface area contributed by atoms with Crippen molar-refractivity contribution in [1.82, 2.24) is 14.5 Å². The van der Waals surface area contributed by atoms with Crippen molar-refractivity contribution in [2.24, 2.45) is 0 Å². The fourth-order valence-electron chi connectivity index (χ4n) is 8.86. The molecular weight excluding hydrogens is 707 g/mol. The van der Waals surface area contributed by atoms with Gasteiger partial charge in [0.05, 0.1) is 22.4 Å². The molecule has 4 nitrogen and oxygen atoms in total. The number of fused-ring (bicyclic) bond motifs is 8. The highest BCUT2D eigenvalue weighted by atomic mass is 16.3. The number of furan rings is 1. The smallest absolute Gasteiger partial charge is 0.160 e. The van der Waals surface area contributed by atoms with E-state index < -0.39 is 0 Å². The zero-order valence-corrected chi connectivity index (χ0v) is 31.3. The summed E-state index contributed by atoms with van der Waals surface area (Å²) in [4.78, 5) is 10.5. The first-order chi connectivity index (χ1) is 28.7. The van der Waals surface area contributed by atoms with Crippen LogP contribution in [0.4, 0.5) is 0 Å². The molecule has 0 spiro atoms. The van der Waals surface area contributed by atoms with Gasteiger partial charge in [-0.25, -0.2) is 9.97 Å². The summed E-state index contributed by atoms with van der Waals surface area (Å²) >= 11 is 0. The molecule has 9 aromatic carbocycles. The van der Waals surface area contributed by atoms with E-state index in [4.69, 9.17) is 14.4 Å². The molecule has 0 N–H and O–H groups in total. The van der Waals surface area contributed by atoms with Crippen LogP contribution in [0.5, 0.6) is 0 Å². The van der Waals surface area contributed by atoms with Gasteiger partial charge in [-0.2, -0.15) is 0 Å². The molecule has 0 atom stereocenters. The highest BCUT2D eigenvalue weighted by molar-refractivity contribution is 6.17. The number of benzene rings is 9. The Hall–Kier alpha value is -7.82. The fourth-order valence-corrected chi connectivity index (χ4v) is 8.86. The minimum Gasteiger partial charge on any atom is -0.456 e. The zero-order valence-electron chi connectivity index (χ0n) is 31.3. The van der Waals surface area contributed by atoms with Crippen molar-refractivity contribution in [2.45, 2.75) is 0 Å². The Morgan fingerprint density at radius 2 is 1.02 bits per heavy atom. The van der Waals surface area contributed by atoms with Crippen LogP contribution in [0.25, 0.3) is 116 Å². The van der Waals surface area contributed by atoms with Crippen molar-refractivity contribution in [3.05, 3.63) is 200 Å². The molecule has 4 heteroatoms. The second-order valence-corrected chi connectivity index (χ2v) is 15.0. The van der Waals surface area contributed by atoms with E-state index in [1.54, 1.807) is 0 Å². The number of para-hydroxylation sites is 1. The molecule has 0 amide bonds. The Morgan fingerprint density at radius 3 is 1.84 bits per heavy atom. The maximum absolute atomic E-state index is 6.74. The number of hydrogen-bond acceptors (Lipinski definition) is 3. The quantitative estimate of drug-likeness (QED) is 0.177. The molecule has 0 fully saturated rings. The van der Waals surface area contributed by atoms with Crippen LogP contribution in [0.2, 0.25) is 0 Å². The van der Waals surface area contributed by atoms with Gasteiger partial charge in [0.25, 0.3) is 0 Å². The van der Waals surface area contributed by atoms with Crippen LogP contribution in [0.1, 0.15) is 0 Å². The lowest BCUT2D eigenvalue weighted by Gasteiger charge is -2.11. The number of nitrogens with zero attached hydrogens (tertiary/aromatic N) is 3. The maximum atomic E-state index is 6.74. The van der Waals surface area contributed by atoms with E-state index in [1.165, 1.54) is 38.1 Å². The Balaban J connectivity index is 1.05. The highest BCUT2D eigenvalue weighted by Crippen LogP contribution is 2.42. The summed E-state index contributed by atoms with van der Waals surface area (Å²) < 4.78 is 9.10. The molecule has 0 saturated heterocycles. The molecule has 0 radical (unpaired) electrons. The van der Waals surface area contributed by atoms with Crippen LogP contribution < -0.4 is 0 Å². The third-order valence-corrected chi connectivity index (χ3v) is 11.6. The van der Waals surface area contributed by atoms with Gasteiger partial charge >= 0.3 is 0 Å². The van der Waals surface area contributed by atoms with E-state index >= 15 is 0 Å². The summed E-state index contributed by atoms with van der Waals surface area (Å²) in [6.07, 6.45) is 0. The van der Waals surface area contributed by atoms with Crippen LogP contribution in [-0.4, -0.2) is 14.5 Å². The predicted octanol–water partition coefficient (Wildman–Crippen LogP) is 14.4. The summed E-state index contributed by atoms with van der Waals surface area (Å²) in [7, 11) is 0. The predicted molar refractivity (Wildman–Crippen MR) is 240 cm³/mol. The van der Waals surface area contributed by atoms with Crippen molar-refractivity contribution >= 4 is 65.3 Å². The SMILES string of the molecule is c1ccc(-c2cccc3c2c2ccccc2n3-c2ccc3c(c2)oc2cccc(-c4cc(-c5ccc6ccccc6c5)nc(-c5ccc6ccccc6c5)n4)c23)cc1. The minimum atomic E-state index is 0.680. The molecule has 12 rings (SSSR count). The van der Waals surface area contributed by atoms with Crippen molar-refractivity contribution in [1.29, 1.82) is 0 Å². The molecule has 3 heterocycles. The second kappa shape index (κ2) is 12.9. The van der Waals surface area contributed by atoms with Crippen LogP contribution >= 0.6 is 0 Å². The topological polar surface area (TPSA) is 43.9 Å². The third-order valence-electron chi connectivity index (χ3n) is 11.6. The molecular formula is C54H33N3O. The van der Waals surface area contributed by atoms with Gasteiger partial charge in [0.2, 0.25) is 0 Å². The fraction of sp³-hybridized carbons (Fsp3) is 0. The molecule has 3 aromatic heterocycles. The monoisotopic (exact) mass is 739 g/mol. The van der Waals surface area contributed by atoms with Crippen molar-refractivity contribution in [3.8, 4) is 50.7 Å². The first-order valence-electron chi connectivity index (χ1n) is 19.6. The average Bonchev–Trinajstić information content (AvgIpc) is 3.84. The summed E-state index contributed by atoms with van der Waals surface area (Å²) in [5.74, 6) is 0.680. The largest absolute Gasteiger partial charge is 0.456 e. The highest BCUT2D eigenvalue weighted by Gasteiger charge is 2.20. The molecule has 0 bridgehead atoms. The van der Waals surface area contributed by atoms with E-state index in [2.05, 4.69) is 205 Å². The van der Waals surface area contributed by atoms with Crippen LogP contribution in [0, 0.1) is 0 Å². The Kier molecular flexibility index (Phi) is 7.20. The number of hydrogen-bond donors (Lipinski definition) is 0. The van der Waals surface area contributed by atoms with Gasteiger partial charge in [0.15, 0.2) is 5.82 Å². The first-order valence-corrected chi connectivity index (χ1v) is 19.6. The van der Waals surface area contributed by atoms with Gasteiger partial charge in [0.1, 0.15) is 11.2 Å². The van der Waals surface area contributed by atoms with E-state index in [9.17, 15) is 0 Å². The maximum Gasteiger partial charge on any atom is 0.160 e. The lowest BCUT2D eigenvalue weighted by Crippen LogP contribution is -1.96. The standard InChI is InChI=1S/C54H33N3O/c1-2-14-36(15-3-1)42-19-10-22-49-52(42)44-18-8-9-21-48(44)57(49)41-28-29-45-51(32-41)58-50-23-11-20-43(53(45)50)47-33-46(39-26-24-34-12-4-6-16-37(34)30-39)55-54(56-47)40-27-25-35-13-5-7-17-38(35)31-40/h1-33H. The number of aromatic nitrogens is 3. The van der Waals surface area contributed by atoms with Crippen molar-refractivity contribution in [2.75, 3.05) is 0 Å². The molecule has 0 saturated carbocycles. The third kappa shape index (κ3) is 5.16. The van der Waals surface area contributed by atoms with E-state index in [0.29, 0.717) is 5.82 Å². The van der Waals surface area contributed by atoms with Gasteiger partial charge in [-0.15, -0.1) is 0 Å². The first kappa shape index (κ1) is 32.4. The van der Waals surface area contributed by atoms with Crippen molar-refractivity contribution in [3.63, 3.8) is 0 Å². The lowest BCUT2D eigenvalue weighted by molar-refractivity contribution is 0.668. The van der Waals surface area contributed by atoms with Gasteiger partial charge in [-0.05, 0) is 81.2 Å². The Morgan fingerprint density at radius 1 is 0.362 bits per heavy atom. The lowest BCUT2D eigenvalue weighted by atomic mass is 9.99. The Labute approximate surface area is 333 Å². The van der Waals surface area contributed by atoms with Gasteiger partial charge < -0.3 is 8.98 Å². The van der Waals surface area contributed by atoms with Crippen LogP contribution in [-0.2, 0) is 0 Å². The average molecular weight is 740 g/mol. The molecule has 0 aliphatic rings. The second-order valence-electron chi connectivity index (χ2n) is 15.0. The van der Waals surface area contributed by atoms with Gasteiger partial charge in [-0.3, -0.25) is 0 Å². The minimum absolute atomic E-state index is 0.680. The Bertz CT molecular complexity index is 3480. The van der Waals surface area contributed by atoms with E-state index in [0.717, 1.165) is 72.1 Å². The van der Waals surface area contributed by atoms with Crippen molar-refractivity contribution < 1.29 is 4.42 Å².